The molecule has 0 aliphatic carbocycles. The highest BCUT2D eigenvalue weighted by atomic mass is 79.9. The van der Waals surface area contributed by atoms with Gasteiger partial charge in [-0.25, -0.2) is 4.98 Å². The van der Waals surface area contributed by atoms with Gasteiger partial charge in [0.1, 0.15) is 5.15 Å². The van der Waals surface area contributed by atoms with Gasteiger partial charge in [-0.1, -0.05) is 33.6 Å². The first kappa shape index (κ1) is 11.4. The lowest BCUT2D eigenvalue weighted by Gasteiger charge is -2.09. The Morgan fingerprint density at radius 1 is 1.31 bits per heavy atom. The van der Waals surface area contributed by atoms with Crippen molar-refractivity contribution in [3.8, 4) is 0 Å². The number of halogens is 2. The molecule has 0 radical (unpaired) electrons. The third-order valence-electron chi connectivity index (χ3n) is 2.14. The van der Waals surface area contributed by atoms with Crippen molar-refractivity contribution in [2.45, 2.75) is 6.92 Å². The minimum absolute atomic E-state index is 0.373. The molecule has 2 rings (SSSR count). The molecule has 1 aromatic carbocycles. The topological polar surface area (TPSA) is 37.8 Å². The molecular formula is C11H9BrClN3. The van der Waals surface area contributed by atoms with Crippen LogP contribution < -0.4 is 5.32 Å². The van der Waals surface area contributed by atoms with Gasteiger partial charge >= 0.3 is 0 Å². The SMILES string of the molecule is Cc1c(Br)cccc1Nc1cncc(Cl)n1. The number of anilines is 2. The third kappa shape index (κ3) is 2.51. The van der Waals surface area contributed by atoms with Gasteiger partial charge < -0.3 is 5.32 Å². The molecule has 0 unspecified atom stereocenters. The predicted molar refractivity (Wildman–Crippen MR) is 69.2 cm³/mol. The van der Waals surface area contributed by atoms with Gasteiger partial charge in [0.2, 0.25) is 0 Å². The van der Waals surface area contributed by atoms with E-state index in [1.807, 2.05) is 25.1 Å². The maximum Gasteiger partial charge on any atom is 0.150 e. The second-order valence-electron chi connectivity index (χ2n) is 3.26. The van der Waals surface area contributed by atoms with Crippen molar-refractivity contribution < 1.29 is 0 Å². The van der Waals surface area contributed by atoms with Crippen LogP contribution in [0.2, 0.25) is 5.15 Å². The smallest absolute Gasteiger partial charge is 0.150 e. The highest BCUT2D eigenvalue weighted by Crippen LogP contribution is 2.25. The molecule has 0 aliphatic heterocycles. The fraction of sp³-hybridized carbons (Fsp3) is 0.0909. The van der Waals surface area contributed by atoms with Crippen molar-refractivity contribution >= 4 is 39.0 Å². The van der Waals surface area contributed by atoms with Crippen LogP contribution in [-0.4, -0.2) is 9.97 Å². The van der Waals surface area contributed by atoms with E-state index in [2.05, 4.69) is 31.2 Å². The zero-order valence-corrected chi connectivity index (χ0v) is 10.9. The second kappa shape index (κ2) is 4.80. The van der Waals surface area contributed by atoms with Crippen LogP contribution in [0.25, 0.3) is 0 Å². The molecule has 1 heterocycles. The maximum atomic E-state index is 5.76. The van der Waals surface area contributed by atoms with Crippen molar-refractivity contribution in [1.29, 1.82) is 0 Å². The monoisotopic (exact) mass is 297 g/mol. The summed E-state index contributed by atoms with van der Waals surface area (Å²) in [6.07, 6.45) is 3.13. The van der Waals surface area contributed by atoms with Crippen molar-refractivity contribution in [1.82, 2.24) is 9.97 Å². The van der Waals surface area contributed by atoms with Gasteiger partial charge in [0.15, 0.2) is 5.82 Å². The first-order chi connectivity index (χ1) is 7.66. The van der Waals surface area contributed by atoms with E-state index in [0.717, 1.165) is 15.7 Å². The van der Waals surface area contributed by atoms with E-state index in [1.165, 1.54) is 6.20 Å². The number of nitrogens with zero attached hydrogens (tertiary/aromatic N) is 2. The summed E-state index contributed by atoms with van der Waals surface area (Å²) >= 11 is 9.23. The van der Waals surface area contributed by atoms with E-state index >= 15 is 0 Å². The largest absolute Gasteiger partial charge is 0.339 e. The number of aromatic nitrogens is 2. The van der Waals surface area contributed by atoms with E-state index < -0.39 is 0 Å². The predicted octanol–water partition coefficient (Wildman–Crippen LogP) is 3.94. The molecule has 0 saturated carbocycles. The van der Waals surface area contributed by atoms with Gasteiger partial charge in [-0.05, 0) is 24.6 Å². The average Bonchev–Trinajstić information content (AvgIpc) is 2.25. The van der Waals surface area contributed by atoms with Crippen LogP contribution in [0, 0.1) is 6.92 Å². The lowest BCUT2D eigenvalue weighted by molar-refractivity contribution is 1.19. The first-order valence-electron chi connectivity index (χ1n) is 4.66. The summed E-state index contributed by atoms with van der Waals surface area (Å²) in [4.78, 5) is 8.08. The Bertz CT molecular complexity index is 516. The fourth-order valence-corrected chi connectivity index (χ4v) is 1.80. The normalized spacial score (nSPS) is 10.2. The van der Waals surface area contributed by atoms with Gasteiger partial charge in [0, 0.05) is 10.2 Å². The summed E-state index contributed by atoms with van der Waals surface area (Å²) in [5.74, 6) is 0.633. The standard InChI is InChI=1S/C11H9BrClN3/c1-7-8(12)3-2-4-9(7)15-11-6-14-5-10(13)16-11/h2-6H,1H3,(H,15,16). The number of hydrogen-bond acceptors (Lipinski definition) is 3. The molecule has 0 spiro atoms. The quantitative estimate of drug-likeness (QED) is 0.912. The van der Waals surface area contributed by atoms with Crippen molar-refractivity contribution in [3.05, 3.63) is 45.8 Å². The van der Waals surface area contributed by atoms with E-state index in [4.69, 9.17) is 11.6 Å². The summed E-state index contributed by atoms with van der Waals surface area (Å²) in [5, 5.41) is 3.54. The minimum Gasteiger partial charge on any atom is -0.339 e. The Morgan fingerprint density at radius 2 is 2.12 bits per heavy atom. The molecule has 0 atom stereocenters. The number of benzene rings is 1. The van der Waals surface area contributed by atoms with Gasteiger partial charge in [0.05, 0.1) is 12.4 Å². The lowest BCUT2D eigenvalue weighted by Crippen LogP contribution is -1.96. The Morgan fingerprint density at radius 3 is 2.88 bits per heavy atom. The van der Waals surface area contributed by atoms with Crippen LogP contribution in [0.15, 0.2) is 35.1 Å². The molecule has 3 nitrogen and oxygen atoms in total. The van der Waals surface area contributed by atoms with Crippen LogP contribution in [-0.2, 0) is 0 Å². The molecule has 1 N–H and O–H groups in total. The summed E-state index contributed by atoms with van der Waals surface area (Å²) in [5.41, 5.74) is 2.09. The van der Waals surface area contributed by atoms with E-state index in [-0.39, 0.29) is 0 Å². The Balaban J connectivity index is 2.31. The van der Waals surface area contributed by atoms with Gasteiger partial charge in [-0.3, -0.25) is 4.98 Å². The van der Waals surface area contributed by atoms with Crippen LogP contribution in [0.1, 0.15) is 5.56 Å². The highest BCUT2D eigenvalue weighted by Gasteiger charge is 2.03. The molecule has 16 heavy (non-hydrogen) atoms. The number of hydrogen-bond donors (Lipinski definition) is 1. The third-order valence-corrected chi connectivity index (χ3v) is 3.18. The first-order valence-corrected chi connectivity index (χ1v) is 5.83. The summed E-state index contributed by atoms with van der Waals surface area (Å²) in [6.45, 7) is 2.02. The molecule has 82 valence electrons. The Labute approximate surface area is 107 Å². The van der Waals surface area contributed by atoms with Gasteiger partial charge in [0.25, 0.3) is 0 Å². The lowest BCUT2D eigenvalue weighted by atomic mass is 10.2. The number of nitrogens with one attached hydrogen (secondary N) is 1. The second-order valence-corrected chi connectivity index (χ2v) is 4.51. The minimum atomic E-state index is 0.373. The van der Waals surface area contributed by atoms with E-state index in [1.54, 1.807) is 6.20 Å². The van der Waals surface area contributed by atoms with Gasteiger partial charge in [-0.2, -0.15) is 0 Å². The molecule has 0 bridgehead atoms. The molecule has 0 amide bonds. The summed E-state index contributed by atoms with van der Waals surface area (Å²) in [6, 6.07) is 5.92. The molecule has 2 aromatic rings. The van der Waals surface area contributed by atoms with Crippen LogP contribution in [0.5, 0.6) is 0 Å². The van der Waals surface area contributed by atoms with Crippen molar-refractivity contribution in [3.63, 3.8) is 0 Å². The maximum absolute atomic E-state index is 5.76. The van der Waals surface area contributed by atoms with Crippen LogP contribution in [0.4, 0.5) is 11.5 Å². The van der Waals surface area contributed by atoms with E-state index in [0.29, 0.717) is 11.0 Å². The molecule has 0 saturated heterocycles. The zero-order chi connectivity index (χ0) is 11.5. The number of rotatable bonds is 2. The van der Waals surface area contributed by atoms with Gasteiger partial charge in [-0.15, -0.1) is 0 Å². The molecular weight excluding hydrogens is 289 g/mol. The Hall–Kier alpha value is -1.13. The zero-order valence-electron chi connectivity index (χ0n) is 8.54. The molecule has 0 aliphatic rings. The summed E-state index contributed by atoms with van der Waals surface area (Å²) < 4.78 is 1.05. The van der Waals surface area contributed by atoms with Crippen molar-refractivity contribution in [2.24, 2.45) is 0 Å². The van der Waals surface area contributed by atoms with Crippen LogP contribution in [0.3, 0.4) is 0 Å². The molecule has 1 aromatic heterocycles. The Kier molecular flexibility index (Phi) is 3.41. The van der Waals surface area contributed by atoms with Crippen molar-refractivity contribution in [2.75, 3.05) is 5.32 Å². The molecule has 0 fully saturated rings. The van der Waals surface area contributed by atoms with Crippen LogP contribution >= 0.6 is 27.5 Å². The summed E-state index contributed by atoms with van der Waals surface area (Å²) in [7, 11) is 0. The van der Waals surface area contributed by atoms with E-state index in [9.17, 15) is 0 Å². The fourth-order valence-electron chi connectivity index (χ4n) is 1.28. The average molecular weight is 299 g/mol. The molecule has 5 heteroatoms. The highest BCUT2D eigenvalue weighted by molar-refractivity contribution is 9.10.